The molecule has 0 saturated carbocycles. The van der Waals surface area contributed by atoms with Crippen LogP contribution >= 0.6 is 0 Å². The highest BCUT2D eigenvalue weighted by Gasteiger charge is 2.04. The molecular weight excluding hydrogens is 256 g/mol. The first-order valence-electron chi connectivity index (χ1n) is 6.42. The highest BCUT2D eigenvalue weighted by molar-refractivity contribution is 5.69. The summed E-state index contributed by atoms with van der Waals surface area (Å²) in [5.74, 6) is 7.16. The summed E-state index contributed by atoms with van der Waals surface area (Å²) in [6, 6.07) is 0. The van der Waals surface area contributed by atoms with E-state index in [1.165, 1.54) is 12.2 Å². The van der Waals surface area contributed by atoms with Gasteiger partial charge in [0.15, 0.2) is 0 Å². The van der Waals surface area contributed by atoms with Crippen molar-refractivity contribution in [3.8, 4) is 24.2 Å². The first-order valence-corrected chi connectivity index (χ1v) is 6.42. The number of esters is 1. The van der Waals surface area contributed by atoms with Crippen LogP contribution in [0.3, 0.4) is 0 Å². The lowest BCUT2D eigenvalue weighted by Crippen LogP contribution is -2.07. The largest absolute Gasteiger partial charge is 0.466 e. The predicted octanol–water partition coefficient (Wildman–Crippen LogP) is 1.19. The zero-order valence-corrected chi connectivity index (χ0v) is 11.6. The second-order valence-corrected chi connectivity index (χ2v) is 3.86. The maximum absolute atomic E-state index is 11.0. The molecule has 2 N–H and O–H groups in total. The lowest BCUT2D eigenvalue weighted by Gasteiger charge is -2.03. The third kappa shape index (κ3) is 11.1. The van der Waals surface area contributed by atoms with Gasteiger partial charge in [-0.1, -0.05) is 29.9 Å². The lowest BCUT2D eigenvalue weighted by atomic mass is 10.1. The minimum atomic E-state index is -0.902. The van der Waals surface area contributed by atoms with Gasteiger partial charge in [0.2, 0.25) is 0 Å². The van der Waals surface area contributed by atoms with Crippen LogP contribution in [0, 0.1) is 24.2 Å². The third-order valence-electron chi connectivity index (χ3n) is 2.17. The minimum Gasteiger partial charge on any atom is -0.466 e. The van der Waals surface area contributed by atoms with Crippen molar-refractivity contribution in [2.24, 2.45) is 0 Å². The third-order valence-corrected chi connectivity index (χ3v) is 2.17. The first kappa shape index (κ1) is 18.0. The van der Waals surface area contributed by atoms with Gasteiger partial charge in [-0.05, 0) is 31.9 Å². The van der Waals surface area contributed by atoms with Crippen molar-refractivity contribution in [3.63, 3.8) is 0 Å². The molecule has 0 heterocycles. The van der Waals surface area contributed by atoms with Gasteiger partial charge in [-0.2, -0.15) is 0 Å². The molecule has 0 unspecified atom stereocenters. The Morgan fingerprint density at radius 1 is 1.40 bits per heavy atom. The summed E-state index contributed by atoms with van der Waals surface area (Å²) in [6.45, 7) is 2.12. The van der Waals surface area contributed by atoms with Gasteiger partial charge < -0.3 is 14.9 Å². The van der Waals surface area contributed by atoms with Gasteiger partial charge in [0.1, 0.15) is 12.2 Å². The molecule has 4 nitrogen and oxygen atoms in total. The number of aliphatic hydroxyl groups is 2. The van der Waals surface area contributed by atoms with Crippen LogP contribution in [0.5, 0.6) is 0 Å². The summed E-state index contributed by atoms with van der Waals surface area (Å²) < 4.78 is 4.77. The Balaban J connectivity index is 3.87. The second-order valence-electron chi connectivity index (χ2n) is 3.86. The van der Waals surface area contributed by atoms with Gasteiger partial charge in [-0.3, -0.25) is 4.79 Å². The maximum atomic E-state index is 11.0. The van der Waals surface area contributed by atoms with E-state index < -0.39 is 12.2 Å². The fourth-order valence-electron chi connectivity index (χ4n) is 1.22. The number of hydrogen-bond donors (Lipinski definition) is 2. The Hall–Kier alpha value is -2.01. The molecule has 0 aliphatic heterocycles. The molecule has 0 aliphatic rings. The van der Waals surface area contributed by atoms with Crippen LogP contribution in [-0.2, 0) is 9.53 Å². The molecule has 108 valence electrons. The van der Waals surface area contributed by atoms with E-state index in [0.717, 1.165) is 0 Å². The number of carbonyl (C=O) groups excluding carboxylic acids is 1. The molecule has 4 heteroatoms. The Morgan fingerprint density at radius 2 is 2.15 bits per heavy atom. The highest BCUT2D eigenvalue weighted by atomic mass is 16.5. The molecule has 20 heavy (non-hydrogen) atoms. The normalized spacial score (nSPS) is 13.5. The van der Waals surface area contributed by atoms with E-state index in [0.29, 0.717) is 19.4 Å². The van der Waals surface area contributed by atoms with E-state index in [2.05, 4.69) is 17.8 Å². The Morgan fingerprint density at radius 3 is 2.80 bits per heavy atom. The number of ether oxygens (including phenoxy) is 1. The van der Waals surface area contributed by atoms with Crippen molar-refractivity contribution in [2.45, 2.75) is 38.4 Å². The minimum absolute atomic E-state index is 0.259. The van der Waals surface area contributed by atoms with Crippen molar-refractivity contribution in [2.75, 3.05) is 6.61 Å². The summed E-state index contributed by atoms with van der Waals surface area (Å²) in [4.78, 5) is 11.0. The fourth-order valence-corrected chi connectivity index (χ4v) is 1.22. The summed E-state index contributed by atoms with van der Waals surface area (Å²) in [5, 5.41) is 18.5. The molecule has 0 aromatic carbocycles. The molecule has 0 aromatic heterocycles. The van der Waals surface area contributed by atoms with Crippen LogP contribution in [0.1, 0.15) is 26.2 Å². The number of allylic oxidation sites excluding steroid dienone is 3. The zero-order valence-electron chi connectivity index (χ0n) is 11.6. The highest BCUT2D eigenvalue weighted by Crippen LogP contribution is 2.01. The zero-order chi connectivity index (χ0) is 15.2. The SMILES string of the molecule is C#C[C@H](O)/C=C/C=C/C#C[C@@H](O)CCCC(=O)OCC. The van der Waals surface area contributed by atoms with E-state index in [4.69, 9.17) is 16.3 Å². The van der Waals surface area contributed by atoms with E-state index in [1.807, 2.05) is 0 Å². The first-order chi connectivity index (χ1) is 9.60. The quantitative estimate of drug-likeness (QED) is 0.416. The lowest BCUT2D eigenvalue weighted by molar-refractivity contribution is -0.143. The maximum Gasteiger partial charge on any atom is 0.305 e. The van der Waals surface area contributed by atoms with Crippen LogP contribution in [0.2, 0.25) is 0 Å². The van der Waals surface area contributed by atoms with E-state index in [9.17, 15) is 9.90 Å². The van der Waals surface area contributed by atoms with Crippen LogP contribution in [0.15, 0.2) is 24.3 Å². The van der Waals surface area contributed by atoms with Crippen LogP contribution < -0.4 is 0 Å². The monoisotopic (exact) mass is 276 g/mol. The van der Waals surface area contributed by atoms with E-state index in [1.54, 1.807) is 19.1 Å². The van der Waals surface area contributed by atoms with Gasteiger partial charge in [0.05, 0.1) is 6.61 Å². The fraction of sp³-hybridized carbons (Fsp3) is 0.438. The molecule has 0 amide bonds. The van der Waals surface area contributed by atoms with Crippen molar-refractivity contribution in [1.82, 2.24) is 0 Å². The topological polar surface area (TPSA) is 66.8 Å². The average Bonchev–Trinajstić information content (AvgIpc) is 2.42. The van der Waals surface area contributed by atoms with Gasteiger partial charge in [0, 0.05) is 6.42 Å². The molecule has 0 spiro atoms. The number of carbonyl (C=O) groups is 1. The van der Waals surface area contributed by atoms with Gasteiger partial charge in [-0.25, -0.2) is 0 Å². The molecule has 2 atom stereocenters. The van der Waals surface area contributed by atoms with Gasteiger partial charge >= 0.3 is 5.97 Å². The van der Waals surface area contributed by atoms with E-state index in [-0.39, 0.29) is 12.4 Å². The van der Waals surface area contributed by atoms with Crippen LogP contribution in [0.4, 0.5) is 0 Å². The molecule has 0 saturated heterocycles. The molecule has 0 rings (SSSR count). The predicted molar refractivity (Wildman–Crippen MR) is 77.4 cm³/mol. The standard InChI is InChI=1S/C16H20O4/c1-3-14(17)10-7-5-6-8-11-15(18)12-9-13-16(19)20-4-2/h1,5-7,10,14-15,17-18H,4,9,12-13H2,2H3/b6-5+,10-7+/t14-,15+/m0/s1. The van der Waals surface area contributed by atoms with Crippen LogP contribution in [0.25, 0.3) is 0 Å². The summed E-state index contributed by atoms with van der Waals surface area (Å²) in [7, 11) is 0. The Kier molecular flexibility index (Phi) is 10.8. The molecule has 0 radical (unpaired) electrons. The molecular formula is C16H20O4. The molecule has 0 fully saturated rings. The summed E-state index contributed by atoms with van der Waals surface area (Å²) >= 11 is 0. The van der Waals surface area contributed by atoms with Gasteiger partial charge in [-0.15, -0.1) is 6.42 Å². The summed E-state index contributed by atoms with van der Waals surface area (Å²) in [5.41, 5.74) is 0. The number of hydrogen-bond acceptors (Lipinski definition) is 4. The molecule has 0 aliphatic carbocycles. The Labute approximate surface area is 120 Å². The molecule has 0 aromatic rings. The van der Waals surface area contributed by atoms with Gasteiger partial charge in [0.25, 0.3) is 0 Å². The van der Waals surface area contributed by atoms with Crippen molar-refractivity contribution in [3.05, 3.63) is 24.3 Å². The van der Waals surface area contributed by atoms with Crippen molar-refractivity contribution < 1.29 is 19.7 Å². The number of terminal acetylenes is 1. The molecule has 0 bridgehead atoms. The number of rotatable bonds is 7. The van der Waals surface area contributed by atoms with Crippen molar-refractivity contribution >= 4 is 5.97 Å². The van der Waals surface area contributed by atoms with E-state index >= 15 is 0 Å². The smallest absolute Gasteiger partial charge is 0.305 e. The second kappa shape index (κ2) is 12.0. The van der Waals surface area contributed by atoms with Crippen molar-refractivity contribution in [1.29, 1.82) is 0 Å². The van der Waals surface area contributed by atoms with Crippen LogP contribution in [-0.4, -0.2) is 35.0 Å². The number of aliphatic hydroxyl groups excluding tert-OH is 2. The average molecular weight is 276 g/mol. The summed E-state index contributed by atoms with van der Waals surface area (Å²) in [6.07, 6.45) is 10.7. The Bertz CT molecular complexity index is 432.